The summed E-state index contributed by atoms with van der Waals surface area (Å²) >= 11 is 1.27. The fourth-order valence-electron chi connectivity index (χ4n) is 1.70. The molecule has 0 atom stereocenters. The largest absolute Gasteiger partial charge is 0.465 e. The zero-order valence-corrected chi connectivity index (χ0v) is 12.8. The second-order valence-corrected chi connectivity index (χ2v) is 4.91. The zero-order chi connectivity index (χ0) is 15.1. The Balaban J connectivity index is 2.23. The molecule has 0 amide bonds. The Morgan fingerprint density at radius 1 is 1.19 bits per heavy atom. The molecule has 6 nitrogen and oxygen atoms in total. The van der Waals surface area contributed by atoms with Crippen molar-refractivity contribution in [3.8, 4) is 11.7 Å². The van der Waals surface area contributed by atoms with Crippen LogP contribution < -0.4 is 4.74 Å². The van der Waals surface area contributed by atoms with E-state index in [1.807, 2.05) is 37.3 Å². The van der Waals surface area contributed by atoms with Gasteiger partial charge in [-0.1, -0.05) is 35.1 Å². The molecule has 1 aromatic carbocycles. The number of rotatable bonds is 7. The molecule has 21 heavy (non-hydrogen) atoms. The molecule has 0 fully saturated rings. The Labute approximate surface area is 127 Å². The van der Waals surface area contributed by atoms with E-state index in [1.165, 1.54) is 11.8 Å². The zero-order valence-electron chi connectivity index (χ0n) is 12.0. The van der Waals surface area contributed by atoms with Crippen LogP contribution in [0.25, 0.3) is 5.69 Å². The third-order valence-electron chi connectivity index (χ3n) is 2.52. The molecule has 2 aromatic rings. The maximum atomic E-state index is 11.5. The van der Waals surface area contributed by atoms with Crippen molar-refractivity contribution in [2.45, 2.75) is 19.0 Å². The van der Waals surface area contributed by atoms with Crippen LogP contribution in [0, 0.1) is 0 Å². The van der Waals surface area contributed by atoms with Gasteiger partial charge in [0, 0.05) is 0 Å². The Morgan fingerprint density at radius 2 is 1.95 bits per heavy atom. The van der Waals surface area contributed by atoms with Gasteiger partial charge >= 0.3 is 12.0 Å². The fourth-order valence-corrected chi connectivity index (χ4v) is 2.44. The van der Waals surface area contributed by atoms with Crippen LogP contribution in [0.15, 0.2) is 35.5 Å². The number of benzene rings is 1. The summed E-state index contributed by atoms with van der Waals surface area (Å²) in [5, 5.41) is 8.71. The van der Waals surface area contributed by atoms with Gasteiger partial charge in [0.05, 0.1) is 24.7 Å². The van der Waals surface area contributed by atoms with Crippen LogP contribution in [-0.2, 0) is 9.53 Å². The van der Waals surface area contributed by atoms with Gasteiger partial charge < -0.3 is 9.47 Å². The van der Waals surface area contributed by atoms with Crippen LogP contribution in [-0.4, -0.2) is 39.7 Å². The van der Waals surface area contributed by atoms with Crippen LogP contribution in [0.2, 0.25) is 0 Å². The molecule has 0 aliphatic heterocycles. The molecular weight excluding hydrogens is 290 g/mol. The summed E-state index contributed by atoms with van der Waals surface area (Å²) < 4.78 is 12.2. The van der Waals surface area contributed by atoms with Crippen molar-refractivity contribution < 1.29 is 14.3 Å². The van der Waals surface area contributed by atoms with Gasteiger partial charge in [0.2, 0.25) is 0 Å². The van der Waals surface area contributed by atoms with E-state index in [-0.39, 0.29) is 11.7 Å². The van der Waals surface area contributed by atoms with Crippen LogP contribution in [0.5, 0.6) is 6.01 Å². The molecule has 112 valence electrons. The lowest BCUT2D eigenvalue weighted by Crippen LogP contribution is -2.08. The van der Waals surface area contributed by atoms with Crippen molar-refractivity contribution in [3.63, 3.8) is 0 Å². The molecule has 7 heteroatoms. The molecule has 0 N–H and O–H groups in total. The minimum absolute atomic E-state index is 0.185. The first-order valence-corrected chi connectivity index (χ1v) is 7.66. The first-order valence-electron chi connectivity index (χ1n) is 6.68. The topological polar surface area (TPSA) is 66.2 Å². The molecule has 1 aromatic heterocycles. The van der Waals surface area contributed by atoms with E-state index in [2.05, 4.69) is 10.2 Å². The van der Waals surface area contributed by atoms with Crippen molar-refractivity contribution in [1.29, 1.82) is 0 Å². The number of hydrogen-bond acceptors (Lipinski definition) is 6. The van der Waals surface area contributed by atoms with Crippen LogP contribution in [0.3, 0.4) is 0 Å². The van der Waals surface area contributed by atoms with E-state index in [1.54, 1.807) is 11.5 Å². The molecule has 0 radical (unpaired) electrons. The van der Waals surface area contributed by atoms with Gasteiger partial charge in [0.25, 0.3) is 0 Å². The molecule has 0 spiro atoms. The number of thioether (sulfide) groups is 1. The van der Waals surface area contributed by atoms with E-state index in [4.69, 9.17) is 9.47 Å². The number of aromatic nitrogens is 3. The highest BCUT2D eigenvalue weighted by Gasteiger charge is 2.16. The number of nitrogens with zero attached hydrogens (tertiary/aromatic N) is 3. The summed E-state index contributed by atoms with van der Waals surface area (Å²) in [6, 6.07) is 10.0. The highest BCUT2D eigenvalue weighted by atomic mass is 32.2. The molecule has 0 unspecified atom stereocenters. The number of carbonyl (C=O) groups excluding carboxylic acids is 1. The monoisotopic (exact) mass is 307 g/mol. The van der Waals surface area contributed by atoms with Gasteiger partial charge in [-0.25, -0.2) is 4.57 Å². The van der Waals surface area contributed by atoms with E-state index >= 15 is 0 Å². The van der Waals surface area contributed by atoms with Crippen molar-refractivity contribution >= 4 is 17.7 Å². The average Bonchev–Trinajstić information content (AvgIpc) is 2.90. The lowest BCUT2D eigenvalue weighted by atomic mass is 10.3. The fraction of sp³-hybridized carbons (Fsp3) is 0.357. The maximum Gasteiger partial charge on any atom is 0.322 e. The van der Waals surface area contributed by atoms with Gasteiger partial charge in [-0.3, -0.25) is 4.79 Å². The standard InChI is InChI=1S/C14H17N3O3S/c1-3-19-12(18)10-21-14-16-15-13(20-4-2)17(14)11-8-6-5-7-9-11/h5-9H,3-4,10H2,1-2H3. The molecule has 0 saturated heterocycles. The third kappa shape index (κ3) is 3.98. The van der Waals surface area contributed by atoms with Crippen LogP contribution in [0.4, 0.5) is 0 Å². The number of para-hydroxylation sites is 1. The lowest BCUT2D eigenvalue weighted by Gasteiger charge is -2.09. The van der Waals surface area contributed by atoms with Gasteiger partial charge in [0.15, 0.2) is 5.16 Å². The smallest absolute Gasteiger partial charge is 0.322 e. The quantitative estimate of drug-likeness (QED) is 0.578. The van der Waals surface area contributed by atoms with Crippen molar-refractivity contribution in [2.75, 3.05) is 19.0 Å². The van der Waals surface area contributed by atoms with Crippen LogP contribution in [0.1, 0.15) is 13.8 Å². The van der Waals surface area contributed by atoms with Gasteiger partial charge in [0.1, 0.15) is 0 Å². The molecular formula is C14H17N3O3S. The Bertz CT molecular complexity index is 586. The summed E-state index contributed by atoms with van der Waals surface area (Å²) in [6.07, 6.45) is 0. The first-order chi connectivity index (χ1) is 10.3. The Morgan fingerprint density at radius 3 is 2.62 bits per heavy atom. The van der Waals surface area contributed by atoms with Crippen LogP contribution >= 0.6 is 11.8 Å². The van der Waals surface area contributed by atoms with E-state index in [0.717, 1.165) is 5.69 Å². The molecule has 0 aliphatic carbocycles. The number of carbonyl (C=O) groups is 1. The second kappa shape index (κ2) is 7.68. The summed E-state index contributed by atoms with van der Waals surface area (Å²) in [6.45, 7) is 4.53. The molecule has 1 heterocycles. The van der Waals surface area contributed by atoms with E-state index < -0.39 is 0 Å². The molecule has 2 rings (SSSR count). The normalized spacial score (nSPS) is 10.4. The molecule has 0 saturated carbocycles. The number of esters is 1. The number of hydrogen-bond donors (Lipinski definition) is 0. The van der Waals surface area contributed by atoms with Crippen molar-refractivity contribution in [3.05, 3.63) is 30.3 Å². The number of ether oxygens (including phenoxy) is 2. The first kappa shape index (κ1) is 15.4. The lowest BCUT2D eigenvalue weighted by molar-refractivity contribution is -0.139. The minimum Gasteiger partial charge on any atom is -0.465 e. The van der Waals surface area contributed by atoms with Crippen molar-refractivity contribution in [2.24, 2.45) is 0 Å². The molecule has 0 aliphatic rings. The highest BCUT2D eigenvalue weighted by molar-refractivity contribution is 7.99. The summed E-state index contributed by atoms with van der Waals surface area (Å²) in [7, 11) is 0. The maximum absolute atomic E-state index is 11.5. The third-order valence-corrected chi connectivity index (χ3v) is 3.42. The van der Waals surface area contributed by atoms with Gasteiger partial charge in [-0.15, -0.1) is 5.10 Å². The van der Waals surface area contributed by atoms with E-state index in [9.17, 15) is 4.79 Å². The van der Waals surface area contributed by atoms with Gasteiger partial charge in [-0.2, -0.15) is 0 Å². The minimum atomic E-state index is -0.275. The Hall–Kier alpha value is -2.02. The molecule has 0 bridgehead atoms. The van der Waals surface area contributed by atoms with Gasteiger partial charge in [-0.05, 0) is 26.0 Å². The average molecular weight is 307 g/mol. The van der Waals surface area contributed by atoms with E-state index in [0.29, 0.717) is 24.4 Å². The SMILES string of the molecule is CCOC(=O)CSc1nnc(OCC)n1-c1ccccc1. The predicted molar refractivity (Wildman–Crippen MR) is 79.9 cm³/mol. The summed E-state index contributed by atoms with van der Waals surface area (Å²) in [4.78, 5) is 11.5. The highest BCUT2D eigenvalue weighted by Crippen LogP contribution is 2.25. The summed E-state index contributed by atoms with van der Waals surface area (Å²) in [5.74, 6) is -0.0895. The second-order valence-electron chi connectivity index (χ2n) is 3.96. The summed E-state index contributed by atoms with van der Waals surface area (Å²) in [5.41, 5.74) is 0.886. The Kier molecular flexibility index (Phi) is 5.62. The van der Waals surface area contributed by atoms with Crippen molar-refractivity contribution in [1.82, 2.24) is 14.8 Å². The predicted octanol–water partition coefficient (Wildman–Crippen LogP) is 2.32.